The van der Waals surface area contributed by atoms with Gasteiger partial charge in [0.25, 0.3) is 0 Å². The summed E-state index contributed by atoms with van der Waals surface area (Å²) in [6.07, 6.45) is 1.80. The molecule has 92 valence electrons. The lowest BCUT2D eigenvalue weighted by atomic mass is 10.3. The molecule has 8 heteroatoms. The van der Waals surface area contributed by atoms with Crippen molar-refractivity contribution < 1.29 is 9.90 Å². The first-order valence-electron chi connectivity index (χ1n) is 4.85. The van der Waals surface area contributed by atoms with E-state index in [1.54, 1.807) is 18.2 Å². The number of carboxylic acid groups (broad SMARTS) is 1. The highest BCUT2D eigenvalue weighted by atomic mass is 35.5. The second-order valence-electron chi connectivity index (χ2n) is 3.25. The lowest BCUT2D eigenvalue weighted by Gasteiger charge is -2.07. The number of aromatic nitrogens is 3. The van der Waals surface area contributed by atoms with Crippen LogP contribution >= 0.6 is 11.6 Å². The monoisotopic (exact) mass is 265 g/mol. The molecule has 0 saturated heterocycles. The Labute approximate surface area is 107 Å². The molecule has 0 spiro atoms. The number of hydrogen-bond donors (Lipinski definition) is 3. The van der Waals surface area contributed by atoms with E-state index in [-0.39, 0.29) is 11.0 Å². The van der Waals surface area contributed by atoms with Crippen LogP contribution in [0.15, 0.2) is 30.6 Å². The maximum absolute atomic E-state index is 10.5. The number of amides is 1. The Balaban J connectivity index is 2.16. The van der Waals surface area contributed by atoms with Gasteiger partial charge in [-0.3, -0.25) is 5.32 Å². The van der Waals surface area contributed by atoms with Gasteiger partial charge in [-0.15, -0.1) is 5.10 Å². The smallest absolute Gasteiger partial charge is 0.410 e. The Bertz CT molecular complexity index is 578. The number of nitrogens with zero attached hydrogens (tertiary/aromatic N) is 3. The van der Waals surface area contributed by atoms with Crippen molar-refractivity contribution in [2.24, 2.45) is 0 Å². The van der Waals surface area contributed by atoms with Crippen LogP contribution in [0.5, 0.6) is 0 Å². The molecule has 7 nitrogen and oxygen atoms in total. The van der Waals surface area contributed by atoms with Crippen LogP contribution in [0, 0.1) is 0 Å². The van der Waals surface area contributed by atoms with Gasteiger partial charge in [-0.25, -0.2) is 9.78 Å². The number of anilines is 3. The predicted molar refractivity (Wildman–Crippen MR) is 66.2 cm³/mol. The maximum Gasteiger partial charge on any atom is 0.410 e. The topological polar surface area (TPSA) is 100 Å². The Morgan fingerprint density at radius 2 is 2.17 bits per heavy atom. The summed E-state index contributed by atoms with van der Waals surface area (Å²) in [5, 5.41) is 21.3. The molecule has 1 amide bonds. The van der Waals surface area contributed by atoms with Crippen LogP contribution in [-0.2, 0) is 0 Å². The highest BCUT2D eigenvalue weighted by Crippen LogP contribution is 2.19. The van der Waals surface area contributed by atoms with E-state index >= 15 is 0 Å². The zero-order chi connectivity index (χ0) is 13.0. The van der Waals surface area contributed by atoms with Crippen LogP contribution in [0.2, 0.25) is 5.15 Å². The predicted octanol–water partition coefficient (Wildman–Crippen LogP) is 2.36. The number of carbonyl (C=O) groups is 1. The average molecular weight is 266 g/mol. The van der Waals surface area contributed by atoms with Crippen molar-refractivity contribution in [3.63, 3.8) is 0 Å². The molecule has 0 unspecified atom stereocenters. The van der Waals surface area contributed by atoms with Gasteiger partial charge in [0.2, 0.25) is 0 Å². The molecule has 0 aromatic carbocycles. The summed E-state index contributed by atoms with van der Waals surface area (Å²) in [6.45, 7) is 0. The van der Waals surface area contributed by atoms with Crippen LogP contribution < -0.4 is 10.6 Å². The summed E-state index contributed by atoms with van der Waals surface area (Å²) in [4.78, 5) is 14.3. The van der Waals surface area contributed by atoms with Crippen molar-refractivity contribution in [3.8, 4) is 0 Å². The van der Waals surface area contributed by atoms with Gasteiger partial charge in [0.05, 0.1) is 11.9 Å². The van der Waals surface area contributed by atoms with Crippen molar-refractivity contribution in [3.05, 3.63) is 35.7 Å². The third-order valence-electron chi connectivity index (χ3n) is 1.91. The van der Waals surface area contributed by atoms with Gasteiger partial charge in [-0.1, -0.05) is 11.6 Å². The lowest BCUT2D eigenvalue weighted by molar-refractivity contribution is 0.209. The average Bonchev–Trinajstić information content (AvgIpc) is 2.28. The SMILES string of the molecule is O=C(O)Nc1cc(Nc2cnnc(Cl)c2)ccn1. The Morgan fingerprint density at radius 1 is 1.33 bits per heavy atom. The van der Waals surface area contributed by atoms with Crippen molar-refractivity contribution in [1.82, 2.24) is 15.2 Å². The molecule has 0 atom stereocenters. The van der Waals surface area contributed by atoms with E-state index in [2.05, 4.69) is 25.8 Å². The molecule has 0 aliphatic heterocycles. The van der Waals surface area contributed by atoms with E-state index in [9.17, 15) is 4.79 Å². The van der Waals surface area contributed by atoms with Crippen molar-refractivity contribution in [1.29, 1.82) is 0 Å². The third-order valence-corrected chi connectivity index (χ3v) is 2.09. The molecule has 0 fully saturated rings. The summed E-state index contributed by atoms with van der Waals surface area (Å²) in [6, 6.07) is 4.82. The Kier molecular flexibility index (Phi) is 3.54. The first-order valence-corrected chi connectivity index (χ1v) is 5.22. The van der Waals surface area contributed by atoms with Gasteiger partial charge in [0.15, 0.2) is 5.15 Å². The highest BCUT2D eigenvalue weighted by molar-refractivity contribution is 6.29. The minimum atomic E-state index is -1.17. The highest BCUT2D eigenvalue weighted by Gasteiger charge is 2.02. The van der Waals surface area contributed by atoms with Gasteiger partial charge in [-0.2, -0.15) is 5.10 Å². The normalized spacial score (nSPS) is 9.83. The summed E-state index contributed by atoms with van der Waals surface area (Å²) in [5.74, 6) is 0.223. The van der Waals surface area contributed by atoms with Crippen molar-refractivity contribution in [2.75, 3.05) is 10.6 Å². The molecule has 0 saturated carbocycles. The van der Waals surface area contributed by atoms with Crippen LogP contribution in [0.25, 0.3) is 0 Å². The number of nitrogens with one attached hydrogen (secondary N) is 2. The first kappa shape index (κ1) is 12.1. The molecular weight excluding hydrogens is 258 g/mol. The maximum atomic E-state index is 10.5. The van der Waals surface area contributed by atoms with Gasteiger partial charge in [0.1, 0.15) is 5.82 Å². The molecular formula is C10H8ClN5O2. The summed E-state index contributed by atoms with van der Waals surface area (Å²) >= 11 is 5.70. The van der Waals surface area contributed by atoms with E-state index < -0.39 is 6.09 Å². The quantitative estimate of drug-likeness (QED) is 0.788. The molecule has 0 radical (unpaired) electrons. The molecule has 2 aromatic heterocycles. The number of rotatable bonds is 3. The third kappa shape index (κ3) is 3.29. The van der Waals surface area contributed by atoms with Crippen LogP contribution in [0.3, 0.4) is 0 Å². The molecule has 2 heterocycles. The van der Waals surface area contributed by atoms with E-state index in [1.807, 2.05) is 0 Å². The largest absolute Gasteiger partial charge is 0.465 e. The van der Waals surface area contributed by atoms with Crippen LogP contribution in [-0.4, -0.2) is 26.4 Å². The minimum absolute atomic E-state index is 0.223. The van der Waals surface area contributed by atoms with Gasteiger partial charge in [-0.05, 0) is 6.07 Å². The van der Waals surface area contributed by atoms with E-state index in [4.69, 9.17) is 16.7 Å². The van der Waals surface area contributed by atoms with E-state index in [0.717, 1.165) is 0 Å². The number of hydrogen-bond acceptors (Lipinski definition) is 5. The summed E-state index contributed by atoms with van der Waals surface area (Å²) in [5.41, 5.74) is 1.29. The van der Waals surface area contributed by atoms with Gasteiger partial charge < -0.3 is 10.4 Å². The second-order valence-corrected chi connectivity index (χ2v) is 3.64. The number of halogens is 1. The van der Waals surface area contributed by atoms with Crippen molar-refractivity contribution >= 4 is 34.9 Å². The fraction of sp³-hybridized carbons (Fsp3) is 0. The fourth-order valence-corrected chi connectivity index (χ4v) is 1.42. The Hall–Kier alpha value is -2.41. The molecule has 0 aliphatic rings. The fourth-order valence-electron chi connectivity index (χ4n) is 1.26. The molecule has 2 aromatic rings. The van der Waals surface area contributed by atoms with Gasteiger partial charge in [0, 0.05) is 24.0 Å². The second kappa shape index (κ2) is 5.28. The molecule has 18 heavy (non-hydrogen) atoms. The zero-order valence-corrected chi connectivity index (χ0v) is 9.72. The van der Waals surface area contributed by atoms with Crippen LogP contribution in [0.4, 0.5) is 22.0 Å². The van der Waals surface area contributed by atoms with E-state index in [1.165, 1.54) is 12.4 Å². The molecule has 3 N–H and O–H groups in total. The first-order chi connectivity index (χ1) is 8.63. The molecule has 2 rings (SSSR count). The Morgan fingerprint density at radius 3 is 2.89 bits per heavy atom. The van der Waals surface area contributed by atoms with Gasteiger partial charge >= 0.3 is 6.09 Å². The molecule has 0 aliphatic carbocycles. The van der Waals surface area contributed by atoms with E-state index in [0.29, 0.717) is 11.4 Å². The van der Waals surface area contributed by atoms with Crippen molar-refractivity contribution in [2.45, 2.75) is 0 Å². The summed E-state index contributed by atoms with van der Waals surface area (Å²) in [7, 11) is 0. The minimum Gasteiger partial charge on any atom is -0.465 e. The molecule has 0 bridgehead atoms. The summed E-state index contributed by atoms with van der Waals surface area (Å²) < 4.78 is 0. The zero-order valence-electron chi connectivity index (χ0n) is 8.96. The number of pyridine rings is 1. The van der Waals surface area contributed by atoms with Crippen LogP contribution in [0.1, 0.15) is 0 Å². The lowest BCUT2D eigenvalue weighted by Crippen LogP contribution is -2.08. The standard InChI is InChI=1S/C10H8ClN5O2/c11-8-3-7(5-13-16-8)14-6-1-2-12-9(4-6)15-10(17)18/h1-5H,(H,17,18)(H2,12,14,15,16).